The van der Waals surface area contributed by atoms with Crippen molar-refractivity contribution >= 4 is 17.3 Å². The van der Waals surface area contributed by atoms with Gasteiger partial charge in [0.1, 0.15) is 0 Å². The summed E-state index contributed by atoms with van der Waals surface area (Å²) in [5.41, 5.74) is 1.34. The molecule has 1 aromatic carbocycles. The molecule has 1 aromatic heterocycles. The van der Waals surface area contributed by atoms with Crippen LogP contribution in [0.15, 0.2) is 30.5 Å². The van der Waals surface area contributed by atoms with E-state index >= 15 is 0 Å². The molecule has 2 aromatic rings. The summed E-state index contributed by atoms with van der Waals surface area (Å²) in [6, 6.07) is 9.13. The monoisotopic (exact) mass is 170 g/mol. The summed E-state index contributed by atoms with van der Waals surface area (Å²) in [5, 5.41) is 9.61. The van der Waals surface area contributed by atoms with E-state index in [1.54, 1.807) is 18.3 Å². The largest absolute Gasteiger partial charge is 0.290 e. The lowest BCUT2D eigenvalue weighted by Gasteiger charge is -1.94. The van der Waals surface area contributed by atoms with E-state index in [9.17, 15) is 4.79 Å². The first kappa shape index (κ1) is 7.56. The van der Waals surface area contributed by atoms with E-state index in [2.05, 4.69) is 0 Å². The van der Waals surface area contributed by atoms with Crippen LogP contribution in [0.25, 0.3) is 10.9 Å². The molecule has 0 atom stereocenters. The normalized spacial score (nSPS) is 9.77. The zero-order valence-corrected chi connectivity index (χ0v) is 6.77. The van der Waals surface area contributed by atoms with Gasteiger partial charge in [0.15, 0.2) is 0 Å². The fourth-order valence-corrected chi connectivity index (χ4v) is 1.31. The first-order chi connectivity index (χ1) is 6.35. The van der Waals surface area contributed by atoms with Gasteiger partial charge < -0.3 is 0 Å². The maximum absolute atomic E-state index is 10.6. The summed E-state index contributed by atoms with van der Waals surface area (Å²) in [5.74, 6) is 0. The molecule has 0 aliphatic carbocycles. The highest BCUT2D eigenvalue weighted by molar-refractivity contribution is 5.86. The molecule has 0 unspecified atom stereocenters. The summed E-state index contributed by atoms with van der Waals surface area (Å²) in [7, 11) is 0. The van der Waals surface area contributed by atoms with Crippen LogP contribution < -0.4 is 0 Å². The Kier molecular flexibility index (Phi) is 1.60. The first-order valence-electron chi connectivity index (χ1n) is 3.81. The van der Waals surface area contributed by atoms with E-state index in [1.165, 1.54) is 4.57 Å². The average Bonchev–Trinajstić information content (AvgIpc) is 2.59. The minimum atomic E-state index is 0.564. The molecule has 0 aliphatic heterocycles. The van der Waals surface area contributed by atoms with E-state index in [4.69, 9.17) is 5.26 Å². The summed E-state index contributed by atoms with van der Waals surface area (Å²) in [6.45, 7) is 0. The smallest absolute Gasteiger partial charge is 0.218 e. The van der Waals surface area contributed by atoms with Crippen LogP contribution in [0.3, 0.4) is 0 Å². The van der Waals surface area contributed by atoms with Crippen molar-refractivity contribution in [2.45, 2.75) is 0 Å². The molecule has 0 radical (unpaired) electrons. The van der Waals surface area contributed by atoms with Crippen molar-refractivity contribution in [2.75, 3.05) is 0 Å². The second kappa shape index (κ2) is 2.76. The maximum atomic E-state index is 10.6. The van der Waals surface area contributed by atoms with Crippen LogP contribution >= 0.6 is 0 Å². The Morgan fingerprint density at radius 2 is 2.23 bits per heavy atom. The fourth-order valence-electron chi connectivity index (χ4n) is 1.31. The van der Waals surface area contributed by atoms with Gasteiger partial charge in [0.2, 0.25) is 6.41 Å². The second-order valence-electron chi connectivity index (χ2n) is 2.71. The topological polar surface area (TPSA) is 45.8 Å². The predicted molar refractivity (Wildman–Crippen MR) is 48.8 cm³/mol. The molecule has 1 heterocycles. The van der Waals surface area contributed by atoms with Crippen molar-refractivity contribution in [3.05, 3.63) is 36.0 Å². The molecule has 0 amide bonds. The van der Waals surface area contributed by atoms with Crippen molar-refractivity contribution in [3.63, 3.8) is 0 Å². The van der Waals surface area contributed by atoms with Gasteiger partial charge in [-0.05, 0) is 18.2 Å². The Morgan fingerprint density at radius 3 is 2.92 bits per heavy atom. The van der Waals surface area contributed by atoms with Crippen LogP contribution in [0.2, 0.25) is 0 Å². The van der Waals surface area contributed by atoms with Gasteiger partial charge in [-0.15, -0.1) is 0 Å². The zero-order valence-electron chi connectivity index (χ0n) is 6.77. The third kappa shape index (κ3) is 1.09. The molecule has 62 valence electrons. The summed E-state index contributed by atoms with van der Waals surface area (Å²) >= 11 is 0. The number of rotatable bonds is 1. The van der Waals surface area contributed by atoms with Gasteiger partial charge in [-0.2, -0.15) is 5.26 Å². The van der Waals surface area contributed by atoms with E-state index in [0.717, 1.165) is 17.3 Å². The molecule has 3 heteroatoms. The number of hydrogen-bond donors (Lipinski definition) is 0. The third-order valence-electron chi connectivity index (χ3n) is 1.97. The standard InChI is InChI=1S/C10H6N2O/c11-6-8-1-2-9-3-4-12(7-13)10(9)5-8/h1-5,7H. The highest BCUT2D eigenvalue weighted by Gasteiger charge is 2.00. The second-order valence-corrected chi connectivity index (χ2v) is 2.71. The number of benzene rings is 1. The molecule has 3 nitrogen and oxygen atoms in total. The van der Waals surface area contributed by atoms with E-state index in [-0.39, 0.29) is 0 Å². The highest BCUT2D eigenvalue weighted by Crippen LogP contribution is 2.15. The van der Waals surface area contributed by atoms with Crippen molar-refractivity contribution in [1.82, 2.24) is 4.57 Å². The van der Waals surface area contributed by atoms with Gasteiger partial charge in [-0.3, -0.25) is 9.36 Å². The number of fused-ring (bicyclic) bond motifs is 1. The van der Waals surface area contributed by atoms with Gasteiger partial charge in [0.25, 0.3) is 0 Å². The van der Waals surface area contributed by atoms with Crippen LogP contribution in [0.1, 0.15) is 5.56 Å². The first-order valence-corrected chi connectivity index (χ1v) is 3.81. The molecule has 0 saturated heterocycles. The summed E-state index contributed by atoms with van der Waals surface area (Å²) < 4.78 is 1.45. The van der Waals surface area contributed by atoms with Crippen molar-refractivity contribution < 1.29 is 4.79 Å². The Balaban J connectivity index is 2.80. The lowest BCUT2D eigenvalue weighted by molar-refractivity contribution is 0.549. The summed E-state index contributed by atoms with van der Waals surface area (Å²) in [4.78, 5) is 10.6. The van der Waals surface area contributed by atoms with Crippen molar-refractivity contribution in [2.24, 2.45) is 0 Å². The number of hydrogen-bond acceptors (Lipinski definition) is 2. The SMILES string of the molecule is N#Cc1ccc2ccn(C=O)c2c1. The Bertz CT molecular complexity index is 505. The molecule has 0 fully saturated rings. The quantitative estimate of drug-likeness (QED) is 0.609. The molecule has 0 bridgehead atoms. The Morgan fingerprint density at radius 1 is 1.38 bits per heavy atom. The maximum Gasteiger partial charge on any atom is 0.218 e. The Hall–Kier alpha value is -2.08. The molecule has 13 heavy (non-hydrogen) atoms. The minimum absolute atomic E-state index is 0.564. The number of nitrogens with zero attached hydrogens (tertiary/aromatic N) is 2. The van der Waals surface area contributed by atoms with Gasteiger partial charge in [0.05, 0.1) is 17.1 Å². The van der Waals surface area contributed by atoms with E-state index in [0.29, 0.717) is 5.56 Å². The lowest BCUT2D eigenvalue weighted by atomic mass is 10.2. The van der Waals surface area contributed by atoms with Crippen LogP contribution in [0.5, 0.6) is 0 Å². The van der Waals surface area contributed by atoms with Gasteiger partial charge in [0, 0.05) is 11.6 Å². The van der Waals surface area contributed by atoms with Crippen LogP contribution in [0.4, 0.5) is 0 Å². The Labute approximate surface area is 74.8 Å². The molecular weight excluding hydrogens is 164 g/mol. The molecule has 0 aliphatic rings. The molecule has 0 spiro atoms. The number of aromatic nitrogens is 1. The molecule has 2 rings (SSSR count). The number of carbonyl (C=O) groups is 1. The molecular formula is C10H6N2O. The van der Waals surface area contributed by atoms with Crippen molar-refractivity contribution in [3.8, 4) is 6.07 Å². The minimum Gasteiger partial charge on any atom is -0.290 e. The van der Waals surface area contributed by atoms with Gasteiger partial charge in [-0.25, -0.2) is 0 Å². The van der Waals surface area contributed by atoms with E-state index < -0.39 is 0 Å². The van der Waals surface area contributed by atoms with Gasteiger partial charge in [-0.1, -0.05) is 6.07 Å². The van der Waals surface area contributed by atoms with Crippen LogP contribution in [0, 0.1) is 11.3 Å². The van der Waals surface area contributed by atoms with E-state index in [1.807, 2.05) is 18.2 Å². The number of nitriles is 1. The lowest BCUT2D eigenvalue weighted by Crippen LogP contribution is -1.90. The van der Waals surface area contributed by atoms with Crippen LogP contribution in [-0.2, 0) is 4.79 Å². The average molecular weight is 170 g/mol. The highest BCUT2D eigenvalue weighted by atomic mass is 16.1. The van der Waals surface area contributed by atoms with Gasteiger partial charge >= 0.3 is 0 Å². The molecule has 0 N–H and O–H groups in total. The number of carbonyl (C=O) groups excluding carboxylic acids is 1. The van der Waals surface area contributed by atoms with Crippen LogP contribution in [-0.4, -0.2) is 11.0 Å². The zero-order chi connectivity index (χ0) is 9.26. The van der Waals surface area contributed by atoms with Crippen molar-refractivity contribution in [1.29, 1.82) is 5.26 Å². The predicted octanol–water partition coefficient (Wildman–Crippen LogP) is 1.55. The summed E-state index contributed by atoms with van der Waals surface area (Å²) in [6.07, 6.45) is 2.41. The third-order valence-corrected chi connectivity index (χ3v) is 1.97. The fraction of sp³-hybridized carbons (Fsp3) is 0. The molecule has 0 saturated carbocycles.